The second-order valence-corrected chi connectivity index (χ2v) is 9.53. The van der Waals surface area contributed by atoms with E-state index in [0.717, 1.165) is 42.1 Å². The lowest BCUT2D eigenvalue weighted by Gasteiger charge is -2.17. The summed E-state index contributed by atoms with van der Waals surface area (Å²) in [5, 5.41) is 6.68. The highest BCUT2D eigenvalue weighted by atomic mass is 79.9. The van der Waals surface area contributed by atoms with Crippen LogP contribution in [0.5, 0.6) is 5.75 Å². The number of aryl methyl sites for hydroxylation is 2. The molecule has 0 saturated carbocycles. The first kappa shape index (κ1) is 30.5. The van der Waals surface area contributed by atoms with Gasteiger partial charge in [-0.2, -0.15) is 18.3 Å². The van der Waals surface area contributed by atoms with Crippen LogP contribution in [0.2, 0.25) is 0 Å². The highest BCUT2D eigenvalue weighted by molar-refractivity contribution is 9.10. The number of ether oxygens (including phenoxy) is 2. The van der Waals surface area contributed by atoms with Gasteiger partial charge in [0.1, 0.15) is 23.7 Å². The number of nitrogens with zero attached hydrogens (tertiary/aromatic N) is 3. The van der Waals surface area contributed by atoms with Crippen molar-refractivity contribution in [3.63, 3.8) is 0 Å². The van der Waals surface area contributed by atoms with Gasteiger partial charge in [0.2, 0.25) is 12.0 Å². The molecule has 2 aromatic heterocycles. The zero-order chi connectivity index (χ0) is 30.8. The molecule has 2 aromatic carbocycles. The summed E-state index contributed by atoms with van der Waals surface area (Å²) in [4.78, 5) is 28.2. The quantitative estimate of drug-likeness (QED) is 0.224. The van der Waals surface area contributed by atoms with Crippen molar-refractivity contribution in [2.75, 3.05) is 6.61 Å². The normalized spacial score (nSPS) is 12.2. The van der Waals surface area contributed by atoms with Crippen molar-refractivity contribution in [1.29, 1.82) is 0 Å². The summed E-state index contributed by atoms with van der Waals surface area (Å²) >= 11 is 3.14. The van der Waals surface area contributed by atoms with Crippen molar-refractivity contribution in [1.82, 2.24) is 20.1 Å². The number of aromatic nitrogens is 3. The predicted molar refractivity (Wildman–Crippen MR) is 139 cm³/mol. The minimum Gasteiger partial charge on any atom is -0.474 e. The van der Waals surface area contributed by atoms with Gasteiger partial charge in [-0.05, 0) is 53.2 Å². The van der Waals surface area contributed by atoms with E-state index in [1.807, 2.05) is 6.92 Å². The number of nitrogens with two attached hydrogens (primary N) is 1. The minimum atomic E-state index is -4.56. The molecule has 0 radical (unpaired) electrons. The first-order chi connectivity index (χ1) is 19.7. The Labute approximate surface area is 242 Å². The topological polar surface area (TPSA) is 134 Å². The summed E-state index contributed by atoms with van der Waals surface area (Å²) in [6.07, 6.45) is -6.95. The number of rotatable bonds is 9. The number of hydrogen-bond acceptors (Lipinski definition) is 7. The number of hydrogen-bond donors (Lipinski definition) is 2. The van der Waals surface area contributed by atoms with Crippen molar-refractivity contribution in [2.45, 2.75) is 25.7 Å². The Morgan fingerprint density at radius 2 is 1.86 bits per heavy atom. The van der Waals surface area contributed by atoms with E-state index < -0.39 is 59.4 Å². The Morgan fingerprint density at radius 3 is 2.45 bits per heavy atom. The second kappa shape index (κ2) is 12.2. The molecule has 10 nitrogen and oxygen atoms in total. The van der Waals surface area contributed by atoms with Crippen LogP contribution < -0.4 is 15.8 Å². The van der Waals surface area contributed by atoms with Crippen molar-refractivity contribution in [2.24, 2.45) is 12.8 Å². The van der Waals surface area contributed by atoms with Crippen LogP contribution in [0.1, 0.15) is 39.3 Å². The third-order valence-electron chi connectivity index (χ3n) is 5.88. The van der Waals surface area contributed by atoms with E-state index in [1.54, 1.807) is 17.8 Å². The molecule has 0 spiro atoms. The van der Waals surface area contributed by atoms with Gasteiger partial charge in [0.05, 0.1) is 17.8 Å². The summed E-state index contributed by atoms with van der Waals surface area (Å²) in [5.41, 5.74) is 4.80. The van der Waals surface area contributed by atoms with Gasteiger partial charge >= 0.3 is 12.3 Å². The van der Waals surface area contributed by atoms with Crippen molar-refractivity contribution >= 4 is 27.9 Å². The lowest BCUT2D eigenvalue weighted by molar-refractivity contribution is -0.137. The number of amides is 2. The van der Waals surface area contributed by atoms with E-state index in [4.69, 9.17) is 19.6 Å². The molecule has 222 valence electrons. The third kappa shape index (κ3) is 6.87. The molecule has 4 aromatic rings. The Kier molecular flexibility index (Phi) is 8.84. The number of nitrogens with one attached hydrogen (secondary N) is 1. The van der Waals surface area contributed by atoms with Crippen molar-refractivity contribution < 1.29 is 45.4 Å². The smallest absolute Gasteiger partial charge is 0.416 e. The maximum absolute atomic E-state index is 14.9. The van der Waals surface area contributed by atoms with Crippen LogP contribution in [0.15, 0.2) is 51.6 Å². The van der Waals surface area contributed by atoms with Gasteiger partial charge in [-0.1, -0.05) is 12.1 Å². The van der Waals surface area contributed by atoms with Gasteiger partial charge in [-0.3, -0.25) is 9.48 Å². The average molecular weight is 658 g/mol. The molecule has 42 heavy (non-hydrogen) atoms. The lowest BCUT2D eigenvalue weighted by Crippen LogP contribution is -2.27. The lowest BCUT2D eigenvalue weighted by atomic mass is 10.1. The van der Waals surface area contributed by atoms with E-state index >= 15 is 0 Å². The van der Waals surface area contributed by atoms with Crippen LogP contribution in [-0.2, 0) is 24.5 Å². The van der Waals surface area contributed by atoms with Crippen molar-refractivity contribution in [3.8, 4) is 17.0 Å². The monoisotopic (exact) mass is 657 g/mol. The van der Waals surface area contributed by atoms with Gasteiger partial charge in [-0.25, -0.2) is 18.6 Å². The molecule has 4 rings (SSSR count). The van der Waals surface area contributed by atoms with Crippen LogP contribution in [0.4, 0.5) is 26.7 Å². The molecule has 0 fully saturated rings. The van der Waals surface area contributed by atoms with Crippen LogP contribution >= 0.6 is 15.9 Å². The largest absolute Gasteiger partial charge is 0.474 e. The number of alkyl carbamates (subject to hydrolysis) is 1. The molecule has 0 aliphatic rings. The summed E-state index contributed by atoms with van der Waals surface area (Å²) < 4.78 is 85.8. The molecule has 2 amide bonds. The molecule has 0 aliphatic carbocycles. The zero-order valence-corrected chi connectivity index (χ0v) is 23.3. The Hall–Kier alpha value is -4.47. The number of carbonyl (C=O) groups is 2. The fourth-order valence-corrected chi connectivity index (χ4v) is 4.18. The first-order valence-electron chi connectivity index (χ1n) is 11.9. The van der Waals surface area contributed by atoms with Crippen LogP contribution in [0.3, 0.4) is 0 Å². The van der Waals surface area contributed by atoms with E-state index in [2.05, 4.69) is 31.3 Å². The van der Waals surface area contributed by atoms with Gasteiger partial charge in [0.15, 0.2) is 16.2 Å². The van der Waals surface area contributed by atoms with E-state index in [0.29, 0.717) is 5.69 Å². The summed E-state index contributed by atoms with van der Waals surface area (Å²) in [5.74, 6) is -4.98. The Bertz CT molecular complexity index is 1600. The molecule has 0 bridgehead atoms. The Balaban J connectivity index is 1.60. The molecule has 1 atom stereocenters. The number of primary amides is 1. The molecule has 0 aliphatic heterocycles. The van der Waals surface area contributed by atoms with Gasteiger partial charge in [0.25, 0.3) is 5.91 Å². The van der Waals surface area contributed by atoms with Crippen LogP contribution in [0.25, 0.3) is 11.3 Å². The molecule has 0 saturated heterocycles. The Morgan fingerprint density at radius 1 is 1.17 bits per heavy atom. The summed E-state index contributed by atoms with van der Waals surface area (Å²) in [6.45, 7) is 1.21. The molecule has 2 heterocycles. The molecule has 3 N–H and O–H groups in total. The number of oxazole rings is 1. The molecule has 1 unspecified atom stereocenters. The van der Waals surface area contributed by atoms with E-state index in [1.165, 1.54) is 0 Å². The molecular formula is C26H21BrF5N5O5. The van der Waals surface area contributed by atoms with Gasteiger partial charge in [0, 0.05) is 18.3 Å². The number of halogens is 6. The SMILES string of the molecule is Cc1cc(CNC(=O)OCC(Oc2ccc(F)c(C(N)=O)c2F)c2nc(-c3ccc(C(F)(F)F)cc3)c(Br)o2)nn1C. The fraction of sp³-hybridized carbons (Fsp3) is 0.231. The summed E-state index contributed by atoms with van der Waals surface area (Å²) in [7, 11) is 1.73. The summed E-state index contributed by atoms with van der Waals surface area (Å²) in [6, 6.07) is 7.38. The van der Waals surface area contributed by atoms with Gasteiger partial charge < -0.3 is 24.9 Å². The average Bonchev–Trinajstić information content (AvgIpc) is 3.46. The second-order valence-electron chi connectivity index (χ2n) is 8.81. The van der Waals surface area contributed by atoms with Crippen LogP contribution in [-0.4, -0.2) is 33.4 Å². The molecule has 16 heteroatoms. The third-order valence-corrected chi connectivity index (χ3v) is 6.42. The minimum absolute atomic E-state index is 0.0171. The number of carbonyl (C=O) groups excluding carboxylic acids is 2. The zero-order valence-electron chi connectivity index (χ0n) is 21.8. The van der Waals surface area contributed by atoms with E-state index in [-0.39, 0.29) is 28.4 Å². The molecular weight excluding hydrogens is 637 g/mol. The van der Waals surface area contributed by atoms with Gasteiger partial charge in [-0.15, -0.1) is 0 Å². The number of alkyl halides is 3. The van der Waals surface area contributed by atoms with E-state index in [9.17, 15) is 31.5 Å². The number of benzene rings is 2. The maximum Gasteiger partial charge on any atom is 0.416 e. The fourth-order valence-electron chi connectivity index (χ4n) is 3.70. The standard InChI is InChI=1S/C26H21BrF5N5O5/c1-12-9-15(36-37(12)2)10-34-25(39)40-11-18(41-17-8-7-16(28)19(20(17)29)23(33)38)24-35-21(22(27)42-24)13-3-5-14(6-4-13)26(30,31)32/h3-9,18H,10-11H2,1-2H3,(H2,33,38)(H,34,39). The van der Waals surface area contributed by atoms with Crippen molar-refractivity contribution in [3.05, 3.63) is 87.2 Å². The highest BCUT2D eigenvalue weighted by Crippen LogP contribution is 2.36. The highest BCUT2D eigenvalue weighted by Gasteiger charge is 2.31. The predicted octanol–water partition coefficient (Wildman–Crippen LogP) is 5.59. The van der Waals surface area contributed by atoms with Crippen LogP contribution in [0, 0.1) is 18.6 Å². The maximum atomic E-state index is 14.9. The first-order valence-corrected chi connectivity index (χ1v) is 12.7.